The summed E-state index contributed by atoms with van der Waals surface area (Å²) in [5.41, 5.74) is 12.1. The Balaban J connectivity index is 2.59. The molecule has 1 aliphatic carbocycles. The van der Waals surface area contributed by atoms with Gasteiger partial charge in [0.2, 0.25) is 0 Å². The summed E-state index contributed by atoms with van der Waals surface area (Å²) >= 11 is 0. The highest BCUT2D eigenvalue weighted by molar-refractivity contribution is 6.05. The van der Waals surface area contributed by atoms with Gasteiger partial charge in [0, 0.05) is 5.56 Å². The Morgan fingerprint density at radius 2 is 1.86 bits per heavy atom. The van der Waals surface area contributed by atoms with E-state index in [0.29, 0.717) is 22.8 Å². The van der Waals surface area contributed by atoms with E-state index in [4.69, 9.17) is 16.2 Å². The zero-order chi connectivity index (χ0) is 16.3. The van der Waals surface area contributed by atoms with E-state index in [2.05, 4.69) is 4.99 Å². The van der Waals surface area contributed by atoms with E-state index in [1.54, 1.807) is 6.07 Å². The Morgan fingerprint density at radius 3 is 2.36 bits per heavy atom. The molecular formula is C16H21N3O3. The minimum atomic E-state index is -0.551. The third kappa shape index (κ3) is 3.27. The number of hydrogen-bond acceptors (Lipinski definition) is 3. The molecule has 1 fully saturated rings. The van der Waals surface area contributed by atoms with Gasteiger partial charge in [0.05, 0.1) is 12.7 Å². The first-order valence-corrected chi connectivity index (χ1v) is 7.31. The minimum absolute atomic E-state index is 0.157. The topological polar surface area (TPSA) is 108 Å². The van der Waals surface area contributed by atoms with Gasteiger partial charge < -0.3 is 16.2 Å². The van der Waals surface area contributed by atoms with Crippen molar-refractivity contribution in [1.29, 1.82) is 0 Å². The highest BCUT2D eigenvalue weighted by Gasteiger charge is 2.25. The number of Topliss-reactive ketones (excluding diaryl/α,β-unsaturated/α-hetero) is 1. The minimum Gasteiger partial charge on any atom is -0.496 e. The molecule has 0 aliphatic heterocycles. The van der Waals surface area contributed by atoms with Crippen molar-refractivity contribution in [2.75, 3.05) is 7.11 Å². The number of nitrogens with two attached hydrogens (primary N) is 2. The molecule has 118 valence electrons. The van der Waals surface area contributed by atoms with Crippen LogP contribution >= 0.6 is 0 Å². The largest absolute Gasteiger partial charge is 0.496 e. The smallest absolute Gasteiger partial charge is 0.280 e. The van der Waals surface area contributed by atoms with E-state index in [-0.39, 0.29) is 11.7 Å². The van der Waals surface area contributed by atoms with Crippen molar-refractivity contribution in [3.63, 3.8) is 0 Å². The average molecular weight is 303 g/mol. The molecule has 0 radical (unpaired) electrons. The van der Waals surface area contributed by atoms with Crippen LogP contribution in [-0.2, 0) is 0 Å². The number of carbonyl (C=O) groups is 2. The van der Waals surface area contributed by atoms with Gasteiger partial charge in [-0.05, 0) is 43.4 Å². The molecule has 1 amide bonds. The maximum atomic E-state index is 12.1. The molecule has 0 heterocycles. The quantitative estimate of drug-likeness (QED) is 0.502. The second-order valence-electron chi connectivity index (χ2n) is 5.53. The van der Waals surface area contributed by atoms with Crippen molar-refractivity contribution in [3.05, 3.63) is 28.8 Å². The first-order valence-electron chi connectivity index (χ1n) is 7.31. The third-order valence-corrected chi connectivity index (χ3v) is 3.97. The number of ketones is 1. The molecule has 1 aliphatic rings. The zero-order valence-electron chi connectivity index (χ0n) is 12.9. The molecule has 0 unspecified atom stereocenters. The highest BCUT2D eigenvalue weighted by atomic mass is 16.5. The molecule has 1 aromatic rings. The van der Waals surface area contributed by atoms with Gasteiger partial charge in [0.15, 0.2) is 11.7 Å². The number of carbonyl (C=O) groups excluding carboxylic acids is 2. The number of aliphatic imine (C=N–C) groups is 1. The molecule has 2 rings (SSSR count). The Hall–Kier alpha value is -2.37. The van der Waals surface area contributed by atoms with Crippen LogP contribution in [0, 0.1) is 0 Å². The Bertz CT molecular complexity index is 628. The second kappa shape index (κ2) is 6.60. The highest BCUT2D eigenvalue weighted by Crippen LogP contribution is 2.41. The predicted molar refractivity (Wildman–Crippen MR) is 84.3 cm³/mol. The van der Waals surface area contributed by atoms with Crippen LogP contribution in [0.3, 0.4) is 0 Å². The molecule has 0 saturated heterocycles. The van der Waals surface area contributed by atoms with Crippen LogP contribution in [0.2, 0.25) is 0 Å². The number of guanidine groups is 1. The average Bonchev–Trinajstić information content (AvgIpc) is 2.98. The van der Waals surface area contributed by atoms with Gasteiger partial charge in [-0.2, -0.15) is 4.99 Å². The van der Waals surface area contributed by atoms with E-state index in [1.807, 2.05) is 0 Å². The van der Waals surface area contributed by atoms with E-state index < -0.39 is 5.91 Å². The van der Waals surface area contributed by atoms with Crippen LogP contribution in [0.1, 0.15) is 64.8 Å². The number of ether oxygens (including phenoxy) is 1. The maximum absolute atomic E-state index is 12.1. The molecule has 1 saturated carbocycles. The Kier molecular flexibility index (Phi) is 4.80. The fraction of sp³-hybridized carbons (Fsp3) is 0.438. The number of amides is 1. The van der Waals surface area contributed by atoms with Crippen molar-refractivity contribution in [2.45, 2.75) is 38.5 Å². The van der Waals surface area contributed by atoms with Crippen LogP contribution in [0.5, 0.6) is 5.75 Å². The van der Waals surface area contributed by atoms with Gasteiger partial charge in [-0.3, -0.25) is 9.59 Å². The maximum Gasteiger partial charge on any atom is 0.280 e. The standard InChI is InChI=1S/C16H21N3O3/c1-9(20)12-7-11(15(21)19-16(17)18)8-13(14(12)22-2)10-5-3-4-6-10/h7-8,10H,3-6H2,1-2H3,(H4,17,18,19,21). The van der Waals surface area contributed by atoms with Gasteiger partial charge in [-0.15, -0.1) is 0 Å². The number of rotatable bonds is 4. The number of benzene rings is 1. The molecule has 6 nitrogen and oxygen atoms in total. The van der Waals surface area contributed by atoms with E-state index in [0.717, 1.165) is 31.2 Å². The summed E-state index contributed by atoms with van der Waals surface area (Å²) in [7, 11) is 1.54. The molecule has 0 aromatic heterocycles. The normalized spacial score (nSPS) is 14.6. The van der Waals surface area contributed by atoms with Crippen molar-refractivity contribution in [1.82, 2.24) is 0 Å². The lowest BCUT2D eigenvalue weighted by Crippen LogP contribution is -2.24. The van der Waals surface area contributed by atoms with Gasteiger partial charge in [0.1, 0.15) is 5.75 Å². The van der Waals surface area contributed by atoms with Crippen LogP contribution in [0.4, 0.5) is 0 Å². The number of methoxy groups -OCH3 is 1. The number of nitrogens with zero attached hydrogens (tertiary/aromatic N) is 1. The molecular weight excluding hydrogens is 282 g/mol. The summed E-state index contributed by atoms with van der Waals surface area (Å²) in [6, 6.07) is 3.24. The summed E-state index contributed by atoms with van der Waals surface area (Å²) in [6.07, 6.45) is 4.31. The monoisotopic (exact) mass is 303 g/mol. The summed E-state index contributed by atoms with van der Waals surface area (Å²) < 4.78 is 5.45. The van der Waals surface area contributed by atoms with Gasteiger partial charge in [0.25, 0.3) is 5.91 Å². The molecule has 1 aromatic carbocycles. The molecule has 0 bridgehead atoms. The number of hydrogen-bond donors (Lipinski definition) is 2. The fourth-order valence-electron chi connectivity index (χ4n) is 2.99. The zero-order valence-corrected chi connectivity index (χ0v) is 12.9. The fourth-order valence-corrected chi connectivity index (χ4v) is 2.99. The van der Waals surface area contributed by atoms with E-state index in [9.17, 15) is 9.59 Å². The summed E-state index contributed by atoms with van der Waals surface area (Å²) in [4.78, 5) is 27.6. The van der Waals surface area contributed by atoms with Crippen LogP contribution in [0.25, 0.3) is 0 Å². The third-order valence-electron chi connectivity index (χ3n) is 3.97. The molecule has 22 heavy (non-hydrogen) atoms. The van der Waals surface area contributed by atoms with Crippen LogP contribution in [-0.4, -0.2) is 24.8 Å². The molecule has 0 atom stereocenters. The van der Waals surface area contributed by atoms with Crippen molar-refractivity contribution in [2.24, 2.45) is 16.5 Å². The predicted octanol–water partition coefficient (Wildman–Crippen LogP) is 1.97. The lowest BCUT2D eigenvalue weighted by atomic mass is 9.91. The van der Waals surface area contributed by atoms with E-state index >= 15 is 0 Å². The van der Waals surface area contributed by atoms with Crippen LogP contribution in [0.15, 0.2) is 17.1 Å². The van der Waals surface area contributed by atoms with Crippen molar-refractivity contribution in [3.8, 4) is 5.75 Å². The second-order valence-corrected chi connectivity index (χ2v) is 5.53. The summed E-state index contributed by atoms with van der Waals surface area (Å²) in [5.74, 6) is -0.159. The van der Waals surface area contributed by atoms with Gasteiger partial charge in [-0.25, -0.2) is 0 Å². The molecule has 6 heteroatoms. The van der Waals surface area contributed by atoms with Gasteiger partial charge >= 0.3 is 0 Å². The SMILES string of the molecule is COc1c(C(C)=O)cc(C(=O)N=C(N)N)cc1C1CCCC1. The lowest BCUT2D eigenvalue weighted by molar-refractivity contribution is 0.100. The Labute approximate surface area is 129 Å². The van der Waals surface area contributed by atoms with Gasteiger partial charge in [-0.1, -0.05) is 12.8 Å². The van der Waals surface area contributed by atoms with E-state index in [1.165, 1.54) is 20.1 Å². The first-order chi connectivity index (χ1) is 10.4. The van der Waals surface area contributed by atoms with Crippen molar-refractivity contribution >= 4 is 17.6 Å². The molecule has 0 spiro atoms. The first kappa shape index (κ1) is 16.0. The van der Waals surface area contributed by atoms with Crippen LogP contribution < -0.4 is 16.2 Å². The Morgan fingerprint density at radius 1 is 1.23 bits per heavy atom. The molecule has 4 N–H and O–H groups in total. The summed E-state index contributed by atoms with van der Waals surface area (Å²) in [6.45, 7) is 1.45. The van der Waals surface area contributed by atoms with Crippen molar-refractivity contribution < 1.29 is 14.3 Å². The summed E-state index contributed by atoms with van der Waals surface area (Å²) in [5, 5.41) is 0. The lowest BCUT2D eigenvalue weighted by Gasteiger charge is -2.18.